The van der Waals surface area contributed by atoms with Crippen molar-refractivity contribution in [3.63, 3.8) is 0 Å². The molecule has 0 N–H and O–H groups in total. The predicted octanol–water partition coefficient (Wildman–Crippen LogP) is 5.08. The van der Waals surface area contributed by atoms with Gasteiger partial charge in [-0.05, 0) is 13.3 Å². The van der Waals surface area contributed by atoms with Gasteiger partial charge in [-0.1, -0.05) is 71.4 Å². The Bertz CT molecular complexity index is 374. The maximum absolute atomic E-state index is 11.5. The highest BCUT2D eigenvalue weighted by Gasteiger charge is 2.17. The topological polar surface area (TPSA) is 52.6 Å². The molecule has 0 saturated carbocycles. The molecule has 1 unspecified atom stereocenters. The zero-order valence-electron chi connectivity index (χ0n) is 14.8. The lowest BCUT2D eigenvalue weighted by Crippen LogP contribution is -2.24. The highest BCUT2D eigenvalue weighted by Crippen LogP contribution is 2.14. The molecule has 0 aromatic rings. The van der Waals surface area contributed by atoms with Crippen LogP contribution in [0, 0.1) is 0 Å². The van der Waals surface area contributed by atoms with Crippen LogP contribution in [0.4, 0.5) is 0 Å². The maximum Gasteiger partial charge on any atom is 0.336 e. The molecule has 0 aliphatic carbocycles. The number of esters is 2. The summed E-state index contributed by atoms with van der Waals surface area (Å²) in [7, 11) is 0. The van der Waals surface area contributed by atoms with Crippen LogP contribution in [0.3, 0.4) is 0 Å². The van der Waals surface area contributed by atoms with Crippen LogP contribution in [0.5, 0.6) is 0 Å². The molecule has 0 aliphatic rings. The first-order valence-electron chi connectivity index (χ1n) is 8.70. The molecular weight excluding hydrogens is 292 g/mol. The van der Waals surface area contributed by atoms with Gasteiger partial charge in [0.15, 0.2) is 0 Å². The van der Waals surface area contributed by atoms with Crippen molar-refractivity contribution in [2.75, 3.05) is 0 Å². The quantitative estimate of drug-likeness (QED) is 0.193. The highest BCUT2D eigenvalue weighted by molar-refractivity contribution is 5.87. The van der Waals surface area contributed by atoms with Crippen molar-refractivity contribution >= 4 is 11.9 Å². The van der Waals surface area contributed by atoms with Crippen LogP contribution in [0.15, 0.2) is 24.8 Å². The Kier molecular flexibility index (Phi) is 13.1. The van der Waals surface area contributed by atoms with E-state index in [1.54, 1.807) is 6.92 Å². The van der Waals surface area contributed by atoms with Crippen molar-refractivity contribution in [1.29, 1.82) is 0 Å². The zero-order valence-corrected chi connectivity index (χ0v) is 14.8. The highest BCUT2D eigenvalue weighted by atomic mass is 16.7. The second kappa shape index (κ2) is 14.0. The first kappa shape index (κ1) is 21.4. The van der Waals surface area contributed by atoms with Crippen molar-refractivity contribution in [2.24, 2.45) is 0 Å². The van der Waals surface area contributed by atoms with Crippen molar-refractivity contribution in [3.8, 4) is 0 Å². The molecule has 4 nitrogen and oxygen atoms in total. The molecule has 0 spiro atoms. The van der Waals surface area contributed by atoms with Gasteiger partial charge in [-0.15, -0.1) is 0 Å². The van der Waals surface area contributed by atoms with Gasteiger partial charge in [0, 0.05) is 18.1 Å². The van der Waals surface area contributed by atoms with Crippen molar-refractivity contribution in [1.82, 2.24) is 0 Å². The number of unbranched alkanes of at least 4 members (excludes halogenated alkanes) is 8. The summed E-state index contributed by atoms with van der Waals surface area (Å²) in [6, 6.07) is 0. The van der Waals surface area contributed by atoms with Gasteiger partial charge >= 0.3 is 11.9 Å². The summed E-state index contributed by atoms with van der Waals surface area (Å²) in [5.74, 6) is -1.12. The fraction of sp³-hybridized carbons (Fsp3) is 0.684. The molecule has 4 heteroatoms. The van der Waals surface area contributed by atoms with E-state index < -0.39 is 18.2 Å². The van der Waals surface area contributed by atoms with E-state index in [0.29, 0.717) is 6.42 Å². The molecule has 0 bridgehead atoms. The van der Waals surface area contributed by atoms with Crippen LogP contribution in [-0.4, -0.2) is 18.2 Å². The van der Waals surface area contributed by atoms with Crippen molar-refractivity contribution in [2.45, 2.75) is 84.3 Å². The van der Waals surface area contributed by atoms with Gasteiger partial charge in [-0.25, -0.2) is 9.59 Å². The molecule has 0 aromatic carbocycles. The SMILES string of the molecule is C=CC(=O)OC(CCCCCCCCCCC)OC(=O)C(=C)C. The van der Waals surface area contributed by atoms with Gasteiger partial charge in [0.2, 0.25) is 6.29 Å². The number of carbonyl (C=O) groups is 2. The number of rotatable bonds is 14. The van der Waals surface area contributed by atoms with Crippen LogP contribution in [-0.2, 0) is 19.1 Å². The van der Waals surface area contributed by atoms with E-state index in [9.17, 15) is 9.59 Å². The van der Waals surface area contributed by atoms with Crippen LogP contribution in [0.1, 0.15) is 78.1 Å². The third kappa shape index (κ3) is 12.6. The summed E-state index contributed by atoms with van der Waals surface area (Å²) in [5.41, 5.74) is 0.289. The molecule has 0 saturated heterocycles. The maximum atomic E-state index is 11.5. The Balaban J connectivity index is 3.91. The monoisotopic (exact) mass is 324 g/mol. The van der Waals surface area contributed by atoms with E-state index in [2.05, 4.69) is 20.1 Å². The summed E-state index contributed by atoms with van der Waals surface area (Å²) in [5, 5.41) is 0. The minimum atomic E-state index is -0.853. The molecule has 0 radical (unpaired) electrons. The normalized spacial score (nSPS) is 11.6. The number of ether oxygens (including phenoxy) is 2. The van der Waals surface area contributed by atoms with E-state index in [-0.39, 0.29) is 5.57 Å². The molecule has 0 rings (SSSR count). The largest absolute Gasteiger partial charge is 0.422 e. The lowest BCUT2D eigenvalue weighted by Gasteiger charge is -2.17. The summed E-state index contributed by atoms with van der Waals surface area (Å²) in [4.78, 5) is 22.8. The lowest BCUT2D eigenvalue weighted by atomic mass is 10.1. The third-order valence-electron chi connectivity index (χ3n) is 3.54. The summed E-state index contributed by atoms with van der Waals surface area (Å²) >= 11 is 0. The number of carbonyl (C=O) groups excluding carboxylic acids is 2. The van der Waals surface area contributed by atoms with E-state index in [1.165, 1.54) is 38.5 Å². The Labute approximate surface area is 140 Å². The molecule has 0 aromatic heterocycles. The lowest BCUT2D eigenvalue weighted by molar-refractivity contribution is -0.182. The average molecular weight is 324 g/mol. The smallest absolute Gasteiger partial charge is 0.336 e. The molecular formula is C19H32O4. The van der Waals surface area contributed by atoms with Crippen molar-refractivity contribution in [3.05, 3.63) is 24.8 Å². The first-order valence-corrected chi connectivity index (χ1v) is 8.70. The molecule has 23 heavy (non-hydrogen) atoms. The number of hydrogen-bond acceptors (Lipinski definition) is 4. The van der Waals surface area contributed by atoms with Gasteiger partial charge in [-0.3, -0.25) is 0 Å². The van der Waals surface area contributed by atoms with E-state index >= 15 is 0 Å². The van der Waals surface area contributed by atoms with Crippen molar-refractivity contribution < 1.29 is 19.1 Å². The Hall–Kier alpha value is -1.58. The Morgan fingerprint density at radius 1 is 0.957 bits per heavy atom. The molecule has 0 fully saturated rings. The first-order chi connectivity index (χ1) is 11.0. The van der Waals surface area contributed by atoms with E-state index in [0.717, 1.165) is 25.3 Å². The van der Waals surface area contributed by atoms with Gasteiger partial charge in [0.1, 0.15) is 0 Å². The second-order valence-electron chi connectivity index (χ2n) is 5.87. The third-order valence-corrected chi connectivity index (χ3v) is 3.54. The minimum Gasteiger partial charge on any atom is -0.422 e. The summed E-state index contributed by atoms with van der Waals surface area (Å²) in [6.07, 6.45) is 11.5. The van der Waals surface area contributed by atoms with Gasteiger partial charge in [0.05, 0.1) is 0 Å². The molecule has 0 heterocycles. The van der Waals surface area contributed by atoms with E-state index in [4.69, 9.17) is 9.47 Å². The standard InChI is InChI=1S/C19H32O4/c1-5-7-8-9-10-11-12-13-14-15-18(22-17(20)6-2)23-19(21)16(3)4/h6,18H,2-3,5,7-15H2,1,4H3. The summed E-state index contributed by atoms with van der Waals surface area (Å²) < 4.78 is 10.2. The van der Waals surface area contributed by atoms with Crippen LogP contribution >= 0.6 is 0 Å². The summed E-state index contributed by atoms with van der Waals surface area (Å²) in [6.45, 7) is 10.7. The predicted molar refractivity (Wildman–Crippen MR) is 92.8 cm³/mol. The second-order valence-corrected chi connectivity index (χ2v) is 5.87. The fourth-order valence-electron chi connectivity index (χ4n) is 2.16. The number of hydrogen-bond donors (Lipinski definition) is 0. The molecule has 0 amide bonds. The molecule has 132 valence electrons. The zero-order chi connectivity index (χ0) is 17.5. The van der Waals surface area contributed by atoms with Crippen LogP contribution in [0.25, 0.3) is 0 Å². The molecule has 1 atom stereocenters. The van der Waals surface area contributed by atoms with E-state index in [1.807, 2.05) is 0 Å². The average Bonchev–Trinajstić information content (AvgIpc) is 2.52. The fourth-order valence-corrected chi connectivity index (χ4v) is 2.16. The Morgan fingerprint density at radius 2 is 1.48 bits per heavy atom. The Morgan fingerprint density at radius 3 is 1.96 bits per heavy atom. The van der Waals surface area contributed by atoms with Gasteiger partial charge < -0.3 is 9.47 Å². The molecule has 0 aliphatic heterocycles. The van der Waals surface area contributed by atoms with Crippen LogP contribution < -0.4 is 0 Å². The van der Waals surface area contributed by atoms with Gasteiger partial charge in [-0.2, -0.15) is 0 Å². The minimum absolute atomic E-state index is 0.289. The van der Waals surface area contributed by atoms with Gasteiger partial charge in [0.25, 0.3) is 0 Å². The van der Waals surface area contributed by atoms with Crippen LogP contribution in [0.2, 0.25) is 0 Å².